The van der Waals surface area contributed by atoms with E-state index in [0.717, 1.165) is 0 Å². The first-order chi connectivity index (χ1) is 2.50. The summed E-state index contributed by atoms with van der Waals surface area (Å²) in [5.41, 5.74) is 0. The Balaban J connectivity index is 0.000000250. The fourth-order valence-electron chi connectivity index (χ4n) is 0.884. The van der Waals surface area contributed by atoms with Crippen LogP contribution >= 0.6 is 0 Å². The largest absolute Gasteiger partial charge is 1.00 e. The van der Waals surface area contributed by atoms with Crippen molar-refractivity contribution in [2.45, 2.75) is 32.1 Å². The molecule has 1 heteroatoms. The lowest BCUT2D eigenvalue weighted by Crippen LogP contribution is -3.00. The van der Waals surface area contributed by atoms with Gasteiger partial charge in [-0.25, -0.2) is 0 Å². The van der Waals surface area contributed by atoms with E-state index in [4.69, 9.17) is 0 Å². The van der Waals surface area contributed by atoms with Crippen LogP contribution in [0.25, 0.3) is 0 Å². The SMILES string of the molecule is C1CCCC1.[Cl-]. The summed E-state index contributed by atoms with van der Waals surface area (Å²) in [4.78, 5) is 0. The van der Waals surface area contributed by atoms with Crippen LogP contribution in [0.3, 0.4) is 0 Å². The Kier molecular flexibility index (Phi) is 3.65. The molecule has 0 radical (unpaired) electrons. The molecule has 0 aliphatic heterocycles. The Hall–Kier alpha value is 0.290. The summed E-state index contributed by atoms with van der Waals surface area (Å²) in [5, 5.41) is 0. The van der Waals surface area contributed by atoms with Gasteiger partial charge in [-0.1, -0.05) is 32.1 Å². The van der Waals surface area contributed by atoms with Crippen molar-refractivity contribution < 1.29 is 12.4 Å². The van der Waals surface area contributed by atoms with Gasteiger partial charge in [-0.2, -0.15) is 0 Å². The lowest BCUT2D eigenvalue weighted by Gasteiger charge is -1.67. The molecule has 0 aromatic carbocycles. The second-order valence-electron chi connectivity index (χ2n) is 1.77. The van der Waals surface area contributed by atoms with E-state index in [1.54, 1.807) is 0 Å². The number of rotatable bonds is 0. The summed E-state index contributed by atoms with van der Waals surface area (Å²) in [6, 6.07) is 0. The Labute approximate surface area is 45.3 Å². The molecule has 38 valence electrons. The van der Waals surface area contributed by atoms with Crippen molar-refractivity contribution >= 4 is 0 Å². The minimum Gasteiger partial charge on any atom is -1.00 e. The zero-order valence-electron chi connectivity index (χ0n) is 3.91. The molecule has 1 fully saturated rings. The highest BCUT2D eigenvalue weighted by Gasteiger charge is 1.95. The third kappa shape index (κ3) is 1.66. The normalized spacial score (nSPS) is 20.0. The molecule has 0 nitrogen and oxygen atoms in total. The number of hydrogen-bond donors (Lipinski definition) is 0. The molecule has 0 aromatic heterocycles. The second-order valence-corrected chi connectivity index (χ2v) is 1.77. The van der Waals surface area contributed by atoms with Gasteiger partial charge in [0.05, 0.1) is 0 Å². The smallest absolute Gasteiger partial charge is 0.0533 e. The summed E-state index contributed by atoms with van der Waals surface area (Å²) in [7, 11) is 0. The first kappa shape index (κ1) is 6.29. The highest BCUT2D eigenvalue weighted by molar-refractivity contribution is 4.51. The minimum absolute atomic E-state index is 0. The highest BCUT2D eigenvalue weighted by atomic mass is 35.5. The van der Waals surface area contributed by atoms with Gasteiger partial charge in [-0.15, -0.1) is 0 Å². The lowest BCUT2D eigenvalue weighted by atomic mass is 10.4. The van der Waals surface area contributed by atoms with Crippen LogP contribution in [-0.2, 0) is 0 Å². The Bertz CT molecular complexity index is 15.5. The molecule has 0 unspecified atom stereocenters. The number of hydrogen-bond acceptors (Lipinski definition) is 0. The highest BCUT2D eigenvalue weighted by Crippen LogP contribution is 2.15. The van der Waals surface area contributed by atoms with Gasteiger partial charge in [0.15, 0.2) is 0 Å². The molecule has 0 aromatic rings. The summed E-state index contributed by atoms with van der Waals surface area (Å²) >= 11 is 0. The predicted octanol–water partition coefficient (Wildman–Crippen LogP) is -1.05. The first-order valence-electron chi connectivity index (χ1n) is 2.50. The zero-order valence-corrected chi connectivity index (χ0v) is 4.67. The summed E-state index contributed by atoms with van der Waals surface area (Å²) in [6.07, 6.45) is 7.50. The van der Waals surface area contributed by atoms with Crippen molar-refractivity contribution in [3.8, 4) is 0 Å². The fourth-order valence-corrected chi connectivity index (χ4v) is 0.884. The van der Waals surface area contributed by atoms with Crippen molar-refractivity contribution in [1.29, 1.82) is 0 Å². The third-order valence-electron chi connectivity index (χ3n) is 1.25. The van der Waals surface area contributed by atoms with Gasteiger partial charge in [0.2, 0.25) is 0 Å². The summed E-state index contributed by atoms with van der Waals surface area (Å²) in [5.74, 6) is 0. The monoisotopic (exact) mass is 105 g/mol. The van der Waals surface area contributed by atoms with Crippen LogP contribution in [0.15, 0.2) is 0 Å². The molecule has 0 heterocycles. The first-order valence-corrected chi connectivity index (χ1v) is 2.50. The molecular formula is C5H10Cl-. The van der Waals surface area contributed by atoms with Gasteiger partial charge >= 0.3 is 0 Å². The predicted molar refractivity (Wildman–Crippen MR) is 23.1 cm³/mol. The van der Waals surface area contributed by atoms with E-state index in [1.807, 2.05) is 0 Å². The third-order valence-corrected chi connectivity index (χ3v) is 1.25. The van der Waals surface area contributed by atoms with Crippen molar-refractivity contribution in [2.24, 2.45) is 0 Å². The van der Waals surface area contributed by atoms with Gasteiger partial charge in [0.25, 0.3) is 0 Å². The van der Waals surface area contributed by atoms with Gasteiger partial charge in [-0.05, 0) is 0 Å². The van der Waals surface area contributed by atoms with Crippen LogP contribution in [0.2, 0.25) is 0 Å². The van der Waals surface area contributed by atoms with Crippen LogP contribution in [0, 0.1) is 0 Å². The molecular weight excluding hydrogens is 95.5 g/mol. The Morgan fingerprint density at radius 1 is 0.500 bits per heavy atom. The fraction of sp³-hybridized carbons (Fsp3) is 1.00. The van der Waals surface area contributed by atoms with Crippen LogP contribution in [-0.4, -0.2) is 0 Å². The quantitative estimate of drug-likeness (QED) is 0.369. The summed E-state index contributed by atoms with van der Waals surface area (Å²) < 4.78 is 0. The Morgan fingerprint density at radius 2 is 0.667 bits per heavy atom. The molecule has 0 bridgehead atoms. The van der Waals surface area contributed by atoms with E-state index < -0.39 is 0 Å². The summed E-state index contributed by atoms with van der Waals surface area (Å²) in [6.45, 7) is 0. The molecule has 1 saturated carbocycles. The van der Waals surface area contributed by atoms with Crippen LogP contribution in [0.5, 0.6) is 0 Å². The maximum Gasteiger partial charge on any atom is -0.0533 e. The minimum atomic E-state index is 0. The van der Waals surface area contributed by atoms with Gasteiger partial charge in [0, 0.05) is 0 Å². The van der Waals surface area contributed by atoms with Crippen molar-refractivity contribution in [3.05, 3.63) is 0 Å². The van der Waals surface area contributed by atoms with Gasteiger partial charge in [0.1, 0.15) is 0 Å². The molecule has 0 atom stereocenters. The van der Waals surface area contributed by atoms with E-state index in [-0.39, 0.29) is 12.4 Å². The maximum absolute atomic E-state index is 1.50. The van der Waals surface area contributed by atoms with Gasteiger partial charge in [-0.3, -0.25) is 0 Å². The molecule has 0 saturated heterocycles. The zero-order chi connectivity index (χ0) is 3.54. The molecule has 1 aliphatic carbocycles. The number of halogens is 1. The van der Waals surface area contributed by atoms with Crippen molar-refractivity contribution in [1.82, 2.24) is 0 Å². The average molecular weight is 106 g/mol. The second kappa shape index (κ2) is 3.48. The van der Waals surface area contributed by atoms with Crippen LogP contribution in [0.4, 0.5) is 0 Å². The van der Waals surface area contributed by atoms with E-state index >= 15 is 0 Å². The molecule has 6 heavy (non-hydrogen) atoms. The molecule has 0 spiro atoms. The maximum atomic E-state index is 1.50. The van der Waals surface area contributed by atoms with Crippen LogP contribution in [0.1, 0.15) is 32.1 Å². The van der Waals surface area contributed by atoms with E-state index in [9.17, 15) is 0 Å². The molecule has 0 amide bonds. The molecule has 1 rings (SSSR count). The van der Waals surface area contributed by atoms with Gasteiger partial charge < -0.3 is 12.4 Å². The molecule has 0 N–H and O–H groups in total. The van der Waals surface area contributed by atoms with E-state index in [0.29, 0.717) is 0 Å². The van der Waals surface area contributed by atoms with Crippen LogP contribution < -0.4 is 12.4 Å². The lowest BCUT2D eigenvalue weighted by molar-refractivity contribution is -0.00000111. The Morgan fingerprint density at radius 3 is 0.833 bits per heavy atom. The van der Waals surface area contributed by atoms with Crippen molar-refractivity contribution in [2.75, 3.05) is 0 Å². The van der Waals surface area contributed by atoms with Crippen molar-refractivity contribution in [3.63, 3.8) is 0 Å². The standard InChI is InChI=1S/C5H10.ClH/c1-2-4-5-3-1;/h1-5H2;1H/p-1. The van der Waals surface area contributed by atoms with E-state index in [1.165, 1.54) is 32.1 Å². The topological polar surface area (TPSA) is 0 Å². The van der Waals surface area contributed by atoms with E-state index in [2.05, 4.69) is 0 Å². The molecule has 1 aliphatic rings. The average Bonchev–Trinajstić information content (AvgIpc) is 1.76.